The third kappa shape index (κ3) is 2.84. The zero-order valence-electron chi connectivity index (χ0n) is 9.42. The Morgan fingerprint density at radius 3 is 3.06 bits per heavy atom. The van der Waals surface area contributed by atoms with E-state index in [4.69, 9.17) is 11.6 Å². The standard InChI is InChI=1S/C12H17ClN2S/c1-2-3-4-8-14-12-15-10-7-5-6-9(13)11(10)16-12/h5-7,12,14-15H,2-4,8H2,1H3. The summed E-state index contributed by atoms with van der Waals surface area (Å²) in [6.45, 7) is 3.28. The van der Waals surface area contributed by atoms with E-state index in [9.17, 15) is 0 Å². The minimum Gasteiger partial charge on any atom is -0.360 e. The molecular weight excluding hydrogens is 240 g/mol. The molecular formula is C12H17ClN2S. The summed E-state index contributed by atoms with van der Waals surface area (Å²) in [6, 6.07) is 5.99. The van der Waals surface area contributed by atoms with Crippen LogP contribution in [0.2, 0.25) is 5.02 Å². The van der Waals surface area contributed by atoms with E-state index in [0.717, 1.165) is 22.2 Å². The molecule has 1 aliphatic heterocycles. The molecule has 1 unspecified atom stereocenters. The smallest absolute Gasteiger partial charge is 0.130 e. The number of hydrogen-bond donors (Lipinski definition) is 2. The van der Waals surface area contributed by atoms with E-state index >= 15 is 0 Å². The van der Waals surface area contributed by atoms with E-state index in [1.807, 2.05) is 12.1 Å². The van der Waals surface area contributed by atoms with Crippen LogP contribution in [0, 0.1) is 0 Å². The van der Waals surface area contributed by atoms with Gasteiger partial charge in [-0.05, 0) is 25.1 Å². The van der Waals surface area contributed by atoms with Gasteiger partial charge < -0.3 is 5.32 Å². The fourth-order valence-electron chi connectivity index (χ4n) is 1.73. The van der Waals surface area contributed by atoms with Crippen molar-refractivity contribution in [1.82, 2.24) is 5.32 Å². The molecule has 0 aliphatic carbocycles. The second kappa shape index (κ2) is 5.80. The third-order valence-electron chi connectivity index (χ3n) is 2.60. The Hall–Kier alpha value is -0.380. The van der Waals surface area contributed by atoms with Crippen molar-refractivity contribution in [2.24, 2.45) is 0 Å². The minimum absolute atomic E-state index is 0.270. The highest BCUT2D eigenvalue weighted by atomic mass is 35.5. The van der Waals surface area contributed by atoms with Crippen molar-refractivity contribution in [2.45, 2.75) is 36.6 Å². The lowest BCUT2D eigenvalue weighted by atomic mass is 10.2. The topological polar surface area (TPSA) is 24.1 Å². The van der Waals surface area contributed by atoms with Crippen molar-refractivity contribution in [3.63, 3.8) is 0 Å². The molecule has 0 fully saturated rings. The van der Waals surface area contributed by atoms with Crippen LogP contribution in [0.25, 0.3) is 0 Å². The average molecular weight is 257 g/mol. The fourth-order valence-corrected chi connectivity index (χ4v) is 3.10. The molecule has 1 aromatic carbocycles. The van der Waals surface area contributed by atoms with Gasteiger partial charge in [0.1, 0.15) is 5.50 Å². The number of halogens is 1. The largest absolute Gasteiger partial charge is 0.360 e. The Kier molecular flexibility index (Phi) is 4.38. The molecule has 0 amide bonds. The quantitative estimate of drug-likeness (QED) is 0.781. The number of thioether (sulfide) groups is 1. The molecule has 0 radical (unpaired) electrons. The molecule has 1 aliphatic rings. The predicted octanol–water partition coefficient (Wildman–Crippen LogP) is 3.92. The van der Waals surface area contributed by atoms with Crippen molar-refractivity contribution >= 4 is 29.1 Å². The van der Waals surface area contributed by atoms with Gasteiger partial charge in [-0.1, -0.05) is 49.2 Å². The highest BCUT2D eigenvalue weighted by Crippen LogP contribution is 2.41. The van der Waals surface area contributed by atoms with E-state index in [2.05, 4.69) is 23.6 Å². The van der Waals surface area contributed by atoms with Gasteiger partial charge in [-0.25, -0.2) is 0 Å². The van der Waals surface area contributed by atoms with Gasteiger partial charge in [0.25, 0.3) is 0 Å². The van der Waals surface area contributed by atoms with Gasteiger partial charge in [-0.3, -0.25) is 5.32 Å². The molecule has 0 saturated carbocycles. The van der Waals surface area contributed by atoms with E-state index in [0.29, 0.717) is 0 Å². The Morgan fingerprint density at radius 2 is 2.31 bits per heavy atom. The summed E-state index contributed by atoms with van der Waals surface area (Å²) in [5, 5.41) is 7.74. The number of nitrogens with one attached hydrogen (secondary N) is 2. The minimum atomic E-state index is 0.270. The Bertz CT molecular complexity index is 357. The first-order valence-corrected chi connectivity index (χ1v) is 7.02. The average Bonchev–Trinajstić information content (AvgIpc) is 2.69. The molecule has 0 spiro atoms. The molecule has 0 aromatic heterocycles. The van der Waals surface area contributed by atoms with Gasteiger partial charge in [0.2, 0.25) is 0 Å². The van der Waals surface area contributed by atoms with Gasteiger partial charge in [0, 0.05) is 0 Å². The molecule has 0 bridgehead atoms. The van der Waals surface area contributed by atoms with Crippen molar-refractivity contribution in [2.75, 3.05) is 11.9 Å². The first-order valence-electron chi connectivity index (χ1n) is 5.76. The molecule has 1 atom stereocenters. The molecule has 0 saturated heterocycles. The SMILES string of the molecule is CCCCCNC1Nc2cccc(Cl)c2S1. The maximum atomic E-state index is 6.13. The summed E-state index contributed by atoms with van der Waals surface area (Å²) in [4.78, 5) is 1.16. The summed E-state index contributed by atoms with van der Waals surface area (Å²) in [5.41, 5.74) is 1.41. The van der Waals surface area contributed by atoms with Crippen LogP contribution >= 0.6 is 23.4 Å². The zero-order chi connectivity index (χ0) is 11.4. The second-order valence-electron chi connectivity index (χ2n) is 3.92. The Morgan fingerprint density at radius 1 is 1.44 bits per heavy atom. The van der Waals surface area contributed by atoms with Gasteiger partial charge >= 0.3 is 0 Å². The number of rotatable bonds is 5. The highest BCUT2D eigenvalue weighted by Gasteiger charge is 2.22. The third-order valence-corrected chi connectivity index (χ3v) is 4.22. The molecule has 1 aromatic rings. The molecule has 88 valence electrons. The summed E-state index contributed by atoms with van der Waals surface area (Å²) in [5.74, 6) is 0. The highest BCUT2D eigenvalue weighted by molar-refractivity contribution is 8.00. The van der Waals surface area contributed by atoms with E-state index in [1.54, 1.807) is 11.8 Å². The zero-order valence-corrected chi connectivity index (χ0v) is 11.0. The second-order valence-corrected chi connectivity index (χ2v) is 5.44. The van der Waals surface area contributed by atoms with Gasteiger partial charge in [-0.2, -0.15) is 0 Å². The predicted molar refractivity (Wildman–Crippen MR) is 72.2 cm³/mol. The van der Waals surface area contributed by atoms with Crippen LogP contribution in [0.1, 0.15) is 26.2 Å². The first-order chi connectivity index (χ1) is 7.81. The van der Waals surface area contributed by atoms with Crippen molar-refractivity contribution < 1.29 is 0 Å². The summed E-state index contributed by atoms with van der Waals surface area (Å²) >= 11 is 7.90. The van der Waals surface area contributed by atoms with Gasteiger partial charge in [-0.15, -0.1) is 0 Å². The van der Waals surface area contributed by atoms with E-state index in [-0.39, 0.29) is 5.50 Å². The van der Waals surface area contributed by atoms with Crippen LogP contribution in [0.4, 0.5) is 5.69 Å². The maximum absolute atomic E-state index is 6.13. The van der Waals surface area contributed by atoms with E-state index in [1.165, 1.54) is 19.3 Å². The van der Waals surface area contributed by atoms with Crippen LogP contribution in [0.3, 0.4) is 0 Å². The van der Waals surface area contributed by atoms with Crippen LogP contribution in [-0.2, 0) is 0 Å². The summed E-state index contributed by atoms with van der Waals surface area (Å²) < 4.78 is 0. The molecule has 16 heavy (non-hydrogen) atoms. The molecule has 4 heteroatoms. The number of unbranched alkanes of at least 4 members (excludes halogenated alkanes) is 2. The van der Waals surface area contributed by atoms with Crippen LogP contribution < -0.4 is 10.6 Å². The summed E-state index contributed by atoms with van der Waals surface area (Å²) in [7, 11) is 0. The van der Waals surface area contributed by atoms with Gasteiger partial charge in [0.15, 0.2) is 0 Å². The number of hydrogen-bond acceptors (Lipinski definition) is 3. The van der Waals surface area contributed by atoms with Crippen molar-refractivity contribution in [1.29, 1.82) is 0 Å². The Labute approximate surface area is 106 Å². The van der Waals surface area contributed by atoms with Gasteiger partial charge in [0.05, 0.1) is 15.6 Å². The fraction of sp³-hybridized carbons (Fsp3) is 0.500. The number of benzene rings is 1. The van der Waals surface area contributed by atoms with E-state index < -0.39 is 0 Å². The molecule has 2 nitrogen and oxygen atoms in total. The monoisotopic (exact) mass is 256 g/mol. The maximum Gasteiger partial charge on any atom is 0.130 e. The molecule has 2 N–H and O–H groups in total. The van der Waals surface area contributed by atoms with Crippen molar-refractivity contribution in [3.8, 4) is 0 Å². The lowest BCUT2D eigenvalue weighted by molar-refractivity contribution is 0.622. The van der Waals surface area contributed by atoms with Crippen LogP contribution in [-0.4, -0.2) is 12.0 Å². The lowest BCUT2D eigenvalue weighted by Crippen LogP contribution is -2.31. The Balaban J connectivity index is 1.84. The van der Waals surface area contributed by atoms with Crippen molar-refractivity contribution in [3.05, 3.63) is 23.2 Å². The number of anilines is 1. The normalized spacial score (nSPS) is 18.2. The number of fused-ring (bicyclic) bond motifs is 1. The molecule has 2 rings (SSSR count). The first kappa shape index (κ1) is 12.1. The summed E-state index contributed by atoms with van der Waals surface area (Å²) in [6.07, 6.45) is 3.79. The molecule has 1 heterocycles. The lowest BCUT2D eigenvalue weighted by Gasteiger charge is -2.12. The van der Waals surface area contributed by atoms with Crippen LogP contribution in [0.15, 0.2) is 23.1 Å². The van der Waals surface area contributed by atoms with Crippen LogP contribution in [0.5, 0.6) is 0 Å².